The van der Waals surface area contributed by atoms with Crippen molar-refractivity contribution in [2.75, 3.05) is 24.3 Å². The third-order valence-corrected chi connectivity index (χ3v) is 5.34. The van der Waals surface area contributed by atoms with Gasteiger partial charge in [0, 0.05) is 35.5 Å². The summed E-state index contributed by atoms with van der Waals surface area (Å²) < 4.78 is 5.43. The first-order valence-corrected chi connectivity index (χ1v) is 10.6. The van der Waals surface area contributed by atoms with Crippen LogP contribution in [0.1, 0.15) is 25.7 Å². The predicted octanol–water partition coefficient (Wildman–Crippen LogP) is 4.37. The summed E-state index contributed by atoms with van der Waals surface area (Å²) in [7, 11) is 1.64. The van der Waals surface area contributed by atoms with Crippen LogP contribution in [0, 0.1) is 0 Å². The second-order valence-electron chi connectivity index (χ2n) is 7.59. The van der Waals surface area contributed by atoms with Crippen LogP contribution in [-0.2, 0) is 4.79 Å². The summed E-state index contributed by atoms with van der Waals surface area (Å²) in [5, 5.41) is 9.67. The molecule has 7 nitrogen and oxygen atoms in total. The van der Waals surface area contributed by atoms with Crippen molar-refractivity contribution in [3.05, 3.63) is 60.9 Å². The molecule has 3 aromatic rings. The number of hydrogen-bond donors (Lipinski definition) is 3. The predicted molar refractivity (Wildman–Crippen MR) is 123 cm³/mol. The summed E-state index contributed by atoms with van der Waals surface area (Å²) in [4.78, 5) is 21.0. The van der Waals surface area contributed by atoms with Crippen LogP contribution in [0.15, 0.2) is 60.9 Å². The normalized spacial score (nSPS) is 15.8. The molecule has 2 aromatic carbocycles. The van der Waals surface area contributed by atoms with E-state index in [9.17, 15) is 4.79 Å². The van der Waals surface area contributed by atoms with Gasteiger partial charge >= 0.3 is 0 Å². The summed E-state index contributed by atoms with van der Waals surface area (Å²) in [5.74, 6) is 1.48. The van der Waals surface area contributed by atoms with E-state index in [1.165, 1.54) is 19.2 Å². The summed E-state index contributed by atoms with van der Waals surface area (Å²) in [6, 6.07) is 17.5. The van der Waals surface area contributed by atoms with Crippen LogP contribution < -0.4 is 20.7 Å². The molecule has 1 aliphatic rings. The number of amides is 1. The fourth-order valence-electron chi connectivity index (χ4n) is 3.75. The summed E-state index contributed by atoms with van der Waals surface area (Å²) >= 11 is 0. The highest BCUT2D eigenvalue weighted by Gasteiger charge is 2.16. The molecule has 4 rings (SSSR count). The Morgan fingerprint density at radius 2 is 1.90 bits per heavy atom. The number of rotatable bonds is 7. The minimum atomic E-state index is 0.0392. The second kappa shape index (κ2) is 10.0. The zero-order valence-electron chi connectivity index (χ0n) is 17.6. The molecular formula is C24H27N5O2. The van der Waals surface area contributed by atoms with Crippen molar-refractivity contribution in [3.8, 4) is 17.0 Å². The number of methoxy groups -OCH3 is 1. The molecule has 1 aromatic heterocycles. The van der Waals surface area contributed by atoms with Gasteiger partial charge in [-0.15, -0.1) is 0 Å². The Bertz CT molecular complexity index is 1020. The zero-order chi connectivity index (χ0) is 21.5. The summed E-state index contributed by atoms with van der Waals surface area (Å²) in [6.07, 6.45) is 5.48. The highest BCUT2D eigenvalue weighted by Crippen LogP contribution is 2.29. The van der Waals surface area contributed by atoms with Gasteiger partial charge < -0.3 is 20.7 Å². The molecule has 0 radical (unpaired) electrons. The number of benzene rings is 2. The van der Waals surface area contributed by atoms with Crippen molar-refractivity contribution in [3.63, 3.8) is 0 Å². The molecule has 1 amide bonds. The first kappa shape index (κ1) is 20.8. The van der Waals surface area contributed by atoms with Gasteiger partial charge in [0.25, 0.3) is 0 Å². The average Bonchev–Trinajstić information content (AvgIpc) is 2.81. The Morgan fingerprint density at radius 3 is 2.68 bits per heavy atom. The highest BCUT2D eigenvalue weighted by molar-refractivity contribution is 5.91. The summed E-state index contributed by atoms with van der Waals surface area (Å²) in [6.45, 7) is 1.00. The SMILES string of the molecule is COc1ccccc1-c1cc(Nc2ccc(NC(=O)CC3CCCCN3)cc2)ncn1. The number of hydrogen-bond acceptors (Lipinski definition) is 6. The van der Waals surface area contributed by atoms with E-state index in [0.717, 1.165) is 41.3 Å². The van der Waals surface area contributed by atoms with Crippen LogP contribution in [-0.4, -0.2) is 35.6 Å². The number of carbonyl (C=O) groups excluding carboxylic acids is 1. The topological polar surface area (TPSA) is 88.2 Å². The molecule has 1 unspecified atom stereocenters. The molecule has 7 heteroatoms. The molecule has 1 atom stereocenters. The Balaban J connectivity index is 1.38. The lowest BCUT2D eigenvalue weighted by Crippen LogP contribution is -2.36. The number of anilines is 3. The largest absolute Gasteiger partial charge is 0.496 e. The van der Waals surface area contributed by atoms with E-state index in [2.05, 4.69) is 25.9 Å². The molecule has 1 saturated heterocycles. The van der Waals surface area contributed by atoms with Crippen molar-refractivity contribution in [2.24, 2.45) is 0 Å². The lowest BCUT2D eigenvalue weighted by atomic mass is 10.0. The van der Waals surface area contributed by atoms with Crippen LogP contribution in [0.4, 0.5) is 17.2 Å². The van der Waals surface area contributed by atoms with Crippen molar-refractivity contribution in [1.82, 2.24) is 15.3 Å². The van der Waals surface area contributed by atoms with Crippen molar-refractivity contribution in [1.29, 1.82) is 0 Å². The van der Waals surface area contributed by atoms with Gasteiger partial charge in [-0.2, -0.15) is 0 Å². The van der Waals surface area contributed by atoms with Crippen LogP contribution in [0.2, 0.25) is 0 Å². The molecule has 1 fully saturated rings. The number of nitrogens with one attached hydrogen (secondary N) is 3. The van der Waals surface area contributed by atoms with Crippen LogP contribution in [0.5, 0.6) is 5.75 Å². The maximum absolute atomic E-state index is 12.3. The molecule has 1 aliphatic heterocycles. The number of piperidine rings is 1. The number of ether oxygens (including phenoxy) is 1. The van der Waals surface area contributed by atoms with E-state index in [0.29, 0.717) is 12.2 Å². The quantitative estimate of drug-likeness (QED) is 0.529. The smallest absolute Gasteiger partial charge is 0.225 e. The molecule has 160 valence electrons. The Kier molecular flexibility index (Phi) is 6.74. The van der Waals surface area contributed by atoms with Gasteiger partial charge in [0.15, 0.2) is 0 Å². The fourth-order valence-corrected chi connectivity index (χ4v) is 3.75. The van der Waals surface area contributed by atoms with Gasteiger partial charge in [0.1, 0.15) is 17.9 Å². The molecule has 2 heterocycles. The number of para-hydroxylation sites is 1. The molecule has 3 N–H and O–H groups in total. The second-order valence-corrected chi connectivity index (χ2v) is 7.59. The molecule has 0 aliphatic carbocycles. The molecule has 0 spiro atoms. The summed E-state index contributed by atoms with van der Waals surface area (Å²) in [5.41, 5.74) is 3.33. The number of nitrogens with zero attached hydrogens (tertiary/aromatic N) is 2. The van der Waals surface area contributed by atoms with Crippen LogP contribution >= 0.6 is 0 Å². The maximum Gasteiger partial charge on any atom is 0.225 e. The van der Waals surface area contributed by atoms with Gasteiger partial charge in [-0.1, -0.05) is 18.6 Å². The first-order chi connectivity index (χ1) is 15.2. The van der Waals surface area contributed by atoms with Gasteiger partial charge in [-0.05, 0) is 55.8 Å². The van der Waals surface area contributed by atoms with Crippen molar-refractivity contribution < 1.29 is 9.53 Å². The van der Waals surface area contributed by atoms with Crippen LogP contribution in [0.3, 0.4) is 0 Å². The first-order valence-electron chi connectivity index (χ1n) is 10.6. The maximum atomic E-state index is 12.3. The Labute approximate surface area is 182 Å². The van der Waals surface area contributed by atoms with E-state index >= 15 is 0 Å². The number of aromatic nitrogens is 2. The molecule has 31 heavy (non-hydrogen) atoms. The Morgan fingerprint density at radius 1 is 1.10 bits per heavy atom. The van der Waals surface area contributed by atoms with Crippen molar-refractivity contribution in [2.45, 2.75) is 31.7 Å². The number of carbonyl (C=O) groups is 1. The van der Waals surface area contributed by atoms with E-state index in [-0.39, 0.29) is 11.9 Å². The minimum Gasteiger partial charge on any atom is -0.496 e. The highest BCUT2D eigenvalue weighted by atomic mass is 16.5. The van der Waals surface area contributed by atoms with Gasteiger partial charge in [0.2, 0.25) is 5.91 Å². The van der Waals surface area contributed by atoms with Gasteiger partial charge in [-0.25, -0.2) is 9.97 Å². The molecule has 0 saturated carbocycles. The third-order valence-electron chi connectivity index (χ3n) is 5.34. The minimum absolute atomic E-state index is 0.0392. The Hall–Kier alpha value is -3.45. The van der Waals surface area contributed by atoms with Crippen LogP contribution in [0.25, 0.3) is 11.3 Å². The fraction of sp³-hybridized carbons (Fsp3) is 0.292. The lowest BCUT2D eigenvalue weighted by Gasteiger charge is -2.22. The lowest BCUT2D eigenvalue weighted by molar-refractivity contribution is -0.116. The standard InChI is InChI=1S/C24H27N5O2/c1-31-22-8-3-2-7-20(22)21-15-23(27-16-26-21)28-17-9-11-18(12-10-17)29-24(30)14-19-6-4-5-13-25-19/h2-3,7-12,15-16,19,25H,4-6,13-14H2,1H3,(H,29,30)(H,26,27,28). The third kappa shape index (κ3) is 5.58. The average molecular weight is 418 g/mol. The van der Waals surface area contributed by atoms with Gasteiger partial charge in [-0.3, -0.25) is 4.79 Å². The molecule has 0 bridgehead atoms. The van der Waals surface area contributed by atoms with E-state index in [1.807, 2.05) is 54.6 Å². The zero-order valence-corrected chi connectivity index (χ0v) is 17.6. The van der Waals surface area contributed by atoms with E-state index in [1.54, 1.807) is 7.11 Å². The van der Waals surface area contributed by atoms with E-state index in [4.69, 9.17) is 4.74 Å². The monoisotopic (exact) mass is 417 g/mol. The van der Waals surface area contributed by atoms with E-state index < -0.39 is 0 Å². The van der Waals surface area contributed by atoms with Gasteiger partial charge in [0.05, 0.1) is 12.8 Å². The van der Waals surface area contributed by atoms with Crippen molar-refractivity contribution >= 4 is 23.1 Å². The molecular weight excluding hydrogens is 390 g/mol.